The summed E-state index contributed by atoms with van der Waals surface area (Å²) in [6, 6.07) is 7.27. The van der Waals surface area contributed by atoms with Crippen molar-refractivity contribution < 1.29 is 14.0 Å². The highest BCUT2D eigenvalue weighted by Gasteiger charge is 2.32. The number of thiazole rings is 1. The van der Waals surface area contributed by atoms with E-state index in [1.165, 1.54) is 6.26 Å². The molecule has 0 radical (unpaired) electrons. The van der Waals surface area contributed by atoms with Crippen molar-refractivity contribution in [2.75, 3.05) is 44.2 Å². The normalized spacial score (nSPS) is 18.2. The quantitative estimate of drug-likeness (QED) is 0.641. The Kier molecular flexibility index (Phi) is 5.12. The van der Waals surface area contributed by atoms with Gasteiger partial charge in [-0.25, -0.2) is 9.97 Å². The van der Waals surface area contributed by atoms with Crippen LogP contribution in [0.3, 0.4) is 0 Å². The lowest BCUT2D eigenvalue weighted by atomic mass is 9.95. The lowest BCUT2D eigenvalue weighted by Crippen LogP contribution is -2.53. The van der Waals surface area contributed by atoms with Crippen molar-refractivity contribution in [1.82, 2.24) is 19.8 Å². The third-order valence-corrected chi connectivity index (χ3v) is 6.92. The standard InChI is InChI=1S/C21H23N5O3S/c27-19(24-10-12-25(13-11-24)20(28)17-4-2-14-29-17)15-5-8-26(9-6-15)21-23-16-3-1-7-22-18(16)30-21/h1-4,7,14-15H,5-6,8-13H2. The fourth-order valence-corrected chi connectivity index (χ4v) is 5.12. The summed E-state index contributed by atoms with van der Waals surface area (Å²) >= 11 is 1.61. The molecule has 2 aliphatic rings. The Morgan fingerprint density at radius 3 is 2.47 bits per heavy atom. The highest BCUT2D eigenvalue weighted by Crippen LogP contribution is 2.31. The van der Waals surface area contributed by atoms with Gasteiger partial charge in [0.25, 0.3) is 5.91 Å². The molecular formula is C21H23N5O3S. The highest BCUT2D eigenvalue weighted by molar-refractivity contribution is 7.21. The van der Waals surface area contributed by atoms with E-state index in [0.717, 1.165) is 41.4 Å². The Balaban J connectivity index is 1.14. The lowest BCUT2D eigenvalue weighted by Gasteiger charge is -2.38. The Labute approximate surface area is 178 Å². The van der Waals surface area contributed by atoms with Crippen LogP contribution in [0, 0.1) is 5.92 Å². The van der Waals surface area contributed by atoms with E-state index in [1.54, 1.807) is 34.6 Å². The van der Waals surface area contributed by atoms with E-state index in [2.05, 4.69) is 14.9 Å². The molecule has 2 amide bonds. The molecule has 0 aliphatic carbocycles. The van der Waals surface area contributed by atoms with Gasteiger partial charge in [-0.3, -0.25) is 9.59 Å². The van der Waals surface area contributed by atoms with Crippen LogP contribution in [-0.4, -0.2) is 70.9 Å². The van der Waals surface area contributed by atoms with E-state index in [1.807, 2.05) is 17.0 Å². The summed E-state index contributed by atoms with van der Waals surface area (Å²) in [6.07, 6.45) is 4.95. The fourth-order valence-electron chi connectivity index (χ4n) is 4.16. The van der Waals surface area contributed by atoms with Crippen molar-refractivity contribution >= 4 is 38.6 Å². The number of fused-ring (bicyclic) bond motifs is 1. The van der Waals surface area contributed by atoms with Crippen LogP contribution in [0.5, 0.6) is 0 Å². The summed E-state index contributed by atoms with van der Waals surface area (Å²) in [5.41, 5.74) is 0.928. The first-order valence-electron chi connectivity index (χ1n) is 10.3. The molecule has 3 aromatic rings. The number of hydrogen-bond donors (Lipinski definition) is 0. The van der Waals surface area contributed by atoms with Crippen LogP contribution < -0.4 is 4.90 Å². The first kappa shape index (κ1) is 19.0. The zero-order chi connectivity index (χ0) is 20.5. The molecule has 8 nitrogen and oxygen atoms in total. The molecule has 2 aliphatic heterocycles. The number of nitrogens with zero attached hydrogens (tertiary/aromatic N) is 5. The number of rotatable bonds is 3. The van der Waals surface area contributed by atoms with Gasteiger partial charge >= 0.3 is 0 Å². The SMILES string of the molecule is O=C(c1ccco1)N1CCN(C(=O)C2CCN(c3nc4cccnc4s3)CC2)CC1. The molecule has 0 atom stereocenters. The number of hydrogen-bond acceptors (Lipinski definition) is 7. The molecule has 30 heavy (non-hydrogen) atoms. The number of pyridine rings is 1. The van der Waals surface area contributed by atoms with E-state index in [4.69, 9.17) is 4.42 Å². The highest BCUT2D eigenvalue weighted by atomic mass is 32.1. The van der Waals surface area contributed by atoms with Crippen LogP contribution in [0.1, 0.15) is 23.4 Å². The molecule has 2 saturated heterocycles. The fraction of sp³-hybridized carbons (Fsp3) is 0.429. The minimum absolute atomic E-state index is 0.0427. The Bertz CT molecular complexity index is 1000. The van der Waals surface area contributed by atoms with Crippen LogP contribution in [-0.2, 0) is 4.79 Å². The molecule has 0 spiro atoms. The molecule has 9 heteroatoms. The van der Waals surface area contributed by atoms with E-state index >= 15 is 0 Å². The zero-order valence-corrected chi connectivity index (χ0v) is 17.4. The van der Waals surface area contributed by atoms with Gasteiger partial charge in [0.05, 0.1) is 6.26 Å². The predicted octanol–water partition coefficient (Wildman–Crippen LogP) is 2.49. The second-order valence-electron chi connectivity index (χ2n) is 7.68. The lowest BCUT2D eigenvalue weighted by molar-refractivity contribution is -0.137. The monoisotopic (exact) mass is 425 g/mol. The number of anilines is 1. The van der Waals surface area contributed by atoms with E-state index < -0.39 is 0 Å². The maximum absolute atomic E-state index is 13.0. The average molecular weight is 426 g/mol. The molecule has 0 N–H and O–H groups in total. The second kappa shape index (κ2) is 8.06. The molecule has 0 unspecified atom stereocenters. The molecule has 156 valence electrons. The van der Waals surface area contributed by atoms with Gasteiger partial charge in [-0.05, 0) is 37.1 Å². The predicted molar refractivity (Wildman–Crippen MR) is 114 cm³/mol. The molecule has 2 fully saturated rings. The summed E-state index contributed by atoms with van der Waals surface area (Å²) < 4.78 is 5.20. The Hall–Kier alpha value is -2.94. The number of carbonyl (C=O) groups is 2. The van der Waals surface area contributed by atoms with Crippen LogP contribution in [0.25, 0.3) is 10.3 Å². The van der Waals surface area contributed by atoms with Crippen LogP contribution in [0.4, 0.5) is 5.13 Å². The third-order valence-electron chi connectivity index (χ3n) is 5.88. The molecule has 3 aromatic heterocycles. The summed E-state index contributed by atoms with van der Waals surface area (Å²) in [7, 11) is 0. The van der Waals surface area contributed by atoms with Gasteiger partial charge in [-0.1, -0.05) is 11.3 Å². The van der Waals surface area contributed by atoms with Crippen molar-refractivity contribution in [1.29, 1.82) is 0 Å². The van der Waals surface area contributed by atoms with Gasteiger partial charge in [0.15, 0.2) is 10.9 Å². The average Bonchev–Trinajstić information content (AvgIpc) is 3.48. The molecule has 0 saturated carbocycles. The number of aromatic nitrogens is 2. The Morgan fingerprint density at radius 1 is 1.00 bits per heavy atom. The zero-order valence-electron chi connectivity index (χ0n) is 16.6. The first-order valence-corrected chi connectivity index (χ1v) is 11.1. The van der Waals surface area contributed by atoms with Crippen molar-refractivity contribution in [3.8, 4) is 0 Å². The maximum atomic E-state index is 13.0. The van der Waals surface area contributed by atoms with Crippen LogP contribution in [0.2, 0.25) is 0 Å². The number of piperazine rings is 1. The van der Waals surface area contributed by atoms with Gasteiger partial charge in [0, 0.05) is 51.4 Å². The van der Waals surface area contributed by atoms with E-state index in [9.17, 15) is 9.59 Å². The number of piperidine rings is 1. The van der Waals surface area contributed by atoms with Gasteiger partial charge in [0.2, 0.25) is 5.91 Å². The number of amides is 2. The minimum Gasteiger partial charge on any atom is -0.459 e. The number of furan rings is 1. The van der Waals surface area contributed by atoms with Crippen molar-refractivity contribution in [2.45, 2.75) is 12.8 Å². The smallest absolute Gasteiger partial charge is 0.289 e. The van der Waals surface area contributed by atoms with Gasteiger partial charge in [0.1, 0.15) is 10.3 Å². The molecule has 5 rings (SSSR count). The van der Waals surface area contributed by atoms with Crippen molar-refractivity contribution in [3.63, 3.8) is 0 Å². The number of carbonyl (C=O) groups excluding carboxylic acids is 2. The topological polar surface area (TPSA) is 82.8 Å². The molecule has 0 bridgehead atoms. The van der Waals surface area contributed by atoms with Crippen LogP contribution in [0.15, 0.2) is 41.1 Å². The van der Waals surface area contributed by atoms with Crippen molar-refractivity contribution in [2.24, 2.45) is 5.92 Å². The summed E-state index contributed by atoms with van der Waals surface area (Å²) in [4.78, 5) is 41.3. The van der Waals surface area contributed by atoms with Gasteiger partial charge in [-0.2, -0.15) is 0 Å². The minimum atomic E-state index is -0.106. The third kappa shape index (κ3) is 3.65. The largest absolute Gasteiger partial charge is 0.459 e. The first-order chi connectivity index (χ1) is 14.7. The van der Waals surface area contributed by atoms with E-state index in [-0.39, 0.29) is 17.7 Å². The van der Waals surface area contributed by atoms with E-state index in [0.29, 0.717) is 31.9 Å². The van der Waals surface area contributed by atoms with Crippen molar-refractivity contribution in [3.05, 3.63) is 42.5 Å². The molecule has 5 heterocycles. The summed E-state index contributed by atoms with van der Waals surface area (Å²) in [6.45, 7) is 3.90. The Morgan fingerprint density at radius 2 is 1.77 bits per heavy atom. The molecular weight excluding hydrogens is 402 g/mol. The summed E-state index contributed by atoms with van der Waals surface area (Å²) in [5.74, 6) is 0.504. The maximum Gasteiger partial charge on any atom is 0.289 e. The molecule has 0 aromatic carbocycles. The summed E-state index contributed by atoms with van der Waals surface area (Å²) in [5, 5.41) is 0.986. The second-order valence-corrected chi connectivity index (χ2v) is 8.64. The van der Waals surface area contributed by atoms with Gasteiger partial charge in [-0.15, -0.1) is 0 Å². The van der Waals surface area contributed by atoms with Crippen LogP contribution >= 0.6 is 11.3 Å². The van der Waals surface area contributed by atoms with Gasteiger partial charge < -0.3 is 19.1 Å².